The zero-order valence-electron chi connectivity index (χ0n) is 11.5. The van der Waals surface area contributed by atoms with Crippen LogP contribution in [-0.2, 0) is 0 Å². The number of amides is 2. The number of nitrogens with one attached hydrogen (secondary N) is 2. The number of nitro benzene ring substituents is 1. The van der Waals surface area contributed by atoms with Crippen LogP contribution in [0.4, 0.5) is 21.9 Å². The minimum Gasteiger partial charge on any atom is -0.496 e. The molecular weight excluding hydrogens is 310 g/mol. The van der Waals surface area contributed by atoms with E-state index in [0.29, 0.717) is 16.5 Å². The van der Waals surface area contributed by atoms with E-state index in [2.05, 4.69) is 10.6 Å². The SMILES string of the molecule is COc1ccc(NC(=O)Nc2ccc(Cl)cc2)c([N+](=O)[O-])c1. The van der Waals surface area contributed by atoms with Crippen LogP contribution in [0, 0.1) is 10.1 Å². The summed E-state index contributed by atoms with van der Waals surface area (Å²) in [5.41, 5.74) is 0.320. The first-order valence-corrected chi connectivity index (χ1v) is 6.53. The summed E-state index contributed by atoms with van der Waals surface area (Å²) in [6.07, 6.45) is 0. The Kier molecular flexibility index (Phi) is 4.80. The molecule has 0 fully saturated rings. The molecule has 2 amide bonds. The van der Waals surface area contributed by atoms with Gasteiger partial charge in [0.1, 0.15) is 11.4 Å². The predicted molar refractivity (Wildman–Crippen MR) is 83.7 cm³/mol. The molecule has 22 heavy (non-hydrogen) atoms. The Morgan fingerprint density at radius 1 is 1.18 bits per heavy atom. The molecule has 0 aliphatic rings. The molecule has 0 aliphatic heterocycles. The Morgan fingerprint density at radius 3 is 2.45 bits per heavy atom. The van der Waals surface area contributed by atoms with Crippen molar-refractivity contribution in [3.05, 3.63) is 57.6 Å². The van der Waals surface area contributed by atoms with Crippen molar-refractivity contribution in [1.29, 1.82) is 0 Å². The summed E-state index contributed by atoms with van der Waals surface area (Å²) in [4.78, 5) is 22.3. The number of anilines is 2. The topological polar surface area (TPSA) is 93.5 Å². The third kappa shape index (κ3) is 3.86. The summed E-state index contributed by atoms with van der Waals surface area (Å²) in [5, 5.41) is 16.5. The van der Waals surface area contributed by atoms with Gasteiger partial charge in [0.25, 0.3) is 5.69 Å². The fourth-order valence-corrected chi connectivity index (χ4v) is 1.84. The van der Waals surface area contributed by atoms with Gasteiger partial charge in [-0.2, -0.15) is 0 Å². The number of rotatable bonds is 4. The molecule has 0 aliphatic carbocycles. The van der Waals surface area contributed by atoms with Gasteiger partial charge >= 0.3 is 6.03 Å². The van der Waals surface area contributed by atoms with Gasteiger partial charge in [-0.3, -0.25) is 10.1 Å². The zero-order valence-corrected chi connectivity index (χ0v) is 12.3. The second-order valence-electron chi connectivity index (χ2n) is 4.23. The van der Waals surface area contributed by atoms with Crippen molar-refractivity contribution in [3.63, 3.8) is 0 Å². The third-order valence-electron chi connectivity index (χ3n) is 2.75. The van der Waals surface area contributed by atoms with E-state index in [-0.39, 0.29) is 11.4 Å². The number of hydrogen-bond donors (Lipinski definition) is 2. The van der Waals surface area contributed by atoms with Crippen LogP contribution in [0.5, 0.6) is 5.75 Å². The van der Waals surface area contributed by atoms with Crippen LogP contribution < -0.4 is 15.4 Å². The molecule has 0 saturated carbocycles. The first-order chi connectivity index (χ1) is 10.5. The highest BCUT2D eigenvalue weighted by molar-refractivity contribution is 6.30. The molecule has 0 saturated heterocycles. The quantitative estimate of drug-likeness (QED) is 0.659. The Balaban J connectivity index is 2.14. The fraction of sp³-hybridized carbons (Fsp3) is 0.0714. The number of benzene rings is 2. The lowest BCUT2D eigenvalue weighted by Crippen LogP contribution is -2.20. The number of nitrogens with zero attached hydrogens (tertiary/aromatic N) is 1. The number of ether oxygens (including phenoxy) is 1. The molecular formula is C14H12ClN3O4. The van der Waals surface area contributed by atoms with Gasteiger partial charge in [-0.05, 0) is 36.4 Å². The van der Waals surface area contributed by atoms with Gasteiger partial charge in [0.05, 0.1) is 18.1 Å². The molecule has 0 aromatic heterocycles. The minimum absolute atomic E-state index is 0.0669. The Morgan fingerprint density at radius 2 is 1.86 bits per heavy atom. The molecule has 0 unspecified atom stereocenters. The lowest BCUT2D eigenvalue weighted by molar-refractivity contribution is -0.384. The van der Waals surface area contributed by atoms with Gasteiger partial charge < -0.3 is 15.4 Å². The minimum atomic E-state index is -0.601. The van der Waals surface area contributed by atoms with Crippen molar-refractivity contribution in [1.82, 2.24) is 0 Å². The smallest absolute Gasteiger partial charge is 0.323 e. The second-order valence-corrected chi connectivity index (χ2v) is 4.66. The summed E-state index contributed by atoms with van der Waals surface area (Å²) in [5.74, 6) is 0.329. The molecule has 2 N–H and O–H groups in total. The predicted octanol–water partition coefficient (Wildman–Crippen LogP) is 3.90. The molecule has 2 rings (SSSR count). The van der Waals surface area contributed by atoms with Gasteiger partial charge in [0.15, 0.2) is 0 Å². The van der Waals surface area contributed by atoms with E-state index in [1.807, 2.05) is 0 Å². The molecule has 0 bridgehead atoms. The van der Waals surface area contributed by atoms with Crippen molar-refractivity contribution in [2.45, 2.75) is 0 Å². The molecule has 0 atom stereocenters. The first-order valence-electron chi connectivity index (χ1n) is 6.15. The first kappa shape index (κ1) is 15.6. The molecule has 2 aromatic carbocycles. The summed E-state index contributed by atoms with van der Waals surface area (Å²) in [6, 6.07) is 10.0. The average molecular weight is 322 g/mol. The van der Waals surface area contributed by atoms with E-state index in [0.717, 1.165) is 0 Å². The van der Waals surface area contributed by atoms with Gasteiger partial charge in [0.2, 0.25) is 0 Å². The number of halogens is 1. The van der Waals surface area contributed by atoms with Crippen LogP contribution >= 0.6 is 11.6 Å². The standard InChI is InChI=1S/C14H12ClN3O4/c1-22-11-6-7-12(13(8-11)18(20)21)17-14(19)16-10-4-2-9(15)3-5-10/h2-8H,1H3,(H2,16,17,19). The maximum atomic E-state index is 11.9. The lowest BCUT2D eigenvalue weighted by Gasteiger charge is -2.09. The van der Waals surface area contributed by atoms with Crippen LogP contribution in [0.25, 0.3) is 0 Å². The molecule has 0 radical (unpaired) electrons. The van der Waals surface area contributed by atoms with E-state index in [1.165, 1.54) is 25.3 Å². The number of carbonyl (C=O) groups is 1. The van der Waals surface area contributed by atoms with E-state index in [1.54, 1.807) is 24.3 Å². The number of hydrogen-bond acceptors (Lipinski definition) is 4. The summed E-state index contributed by atoms with van der Waals surface area (Å²) in [6.45, 7) is 0. The monoisotopic (exact) mass is 321 g/mol. The summed E-state index contributed by atoms with van der Waals surface area (Å²) < 4.78 is 4.93. The van der Waals surface area contributed by atoms with Crippen molar-refractivity contribution < 1.29 is 14.5 Å². The molecule has 0 spiro atoms. The summed E-state index contributed by atoms with van der Waals surface area (Å²) in [7, 11) is 1.40. The van der Waals surface area contributed by atoms with Crippen LogP contribution in [0.1, 0.15) is 0 Å². The van der Waals surface area contributed by atoms with Gasteiger partial charge in [-0.25, -0.2) is 4.79 Å². The van der Waals surface area contributed by atoms with E-state index < -0.39 is 11.0 Å². The third-order valence-corrected chi connectivity index (χ3v) is 3.00. The maximum absolute atomic E-state index is 11.9. The Hall–Kier alpha value is -2.80. The molecule has 114 valence electrons. The van der Waals surface area contributed by atoms with Crippen molar-refractivity contribution in [2.24, 2.45) is 0 Å². The van der Waals surface area contributed by atoms with E-state index in [4.69, 9.17) is 16.3 Å². The Bertz CT molecular complexity index is 704. The largest absolute Gasteiger partial charge is 0.496 e. The number of methoxy groups -OCH3 is 1. The van der Waals surface area contributed by atoms with Gasteiger partial charge in [0, 0.05) is 10.7 Å². The number of urea groups is 1. The lowest BCUT2D eigenvalue weighted by atomic mass is 10.2. The fourth-order valence-electron chi connectivity index (χ4n) is 1.71. The second kappa shape index (κ2) is 6.77. The van der Waals surface area contributed by atoms with Crippen molar-refractivity contribution in [3.8, 4) is 5.75 Å². The van der Waals surface area contributed by atoms with E-state index in [9.17, 15) is 14.9 Å². The van der Waals surface area contributed by atoms with Crippen molar-refractivity contribution >= 4 is 34.7 Å². The number of carbonyl (C=O) groups excluding carboxylic acids is 1. The highest BCUT2D eigenvalue weighted by atomic mass is 35.5. The van der Waals surface area contributed by atoms with Crippen LogP contribution in [0.2, 0.25) is 5.02 Å². The Labute approximate surface area is 131 Å². The molecule has 7 nitrogen and oxygen atoms in total. The van der Waals surface area contributed by atoms with Crippen LogP contribution in [0.3, 0.4) is 0 Å². The van der Waals surface area contributed by atoms with Gasteiger partial charge in [-0.1, -0.05) is 11.6 Å². The van der Waals surface area contributed by atoms with Crippen molar-refractivity contribution in [2.75, 3.05) is 17.7 Å². The van der Waals surface area contributed by atoms with Gasteiger partial charge in [-0.15, -0.1) is 0 Å². The number of nitro groups is 1. The van der Waals surface area contributed by atoms with E-state index >= 15 is 0 Å². The van der Waals surface area contributed by atoms with Crippen LogP contribution in [0.15, 0.2) is 42.5 Å². The highest BCUT2D eigenvalue weighted by Gasteiger charge is 2.17. The molecule has 8 heteroatoms. The highest BCUT2D eigenvalue weighted by Crippen LogP contribution is 2.29. The normalized spacial score (nSPS) is 9.91. The average Bonchev–Trinajstić information content (AvgIpc) is 2.49. The zero-order chi connectivity index (χ0) is 16.1. The maximum Gasteiger partial charge on any atom is 0.323 e. The van der Waals surface area contributed by atoms with Crippen LogP contribution in [-0.4, -0.2) is 18.1 Å². The molecule has 2 aromatic rings. The molecule has 0 heterocycles. The summed E-state index contributed by atoms with van der Waals surface area (Å²) >= 11 is 5.75.